The maximum Gasteiger partial charge on any atom is 0.160 e. The van der Waals surface area contributed by atoms with Gasteiger partial charge in [-0.25, -0.2) is 9.97 Å². The van der Waals surface area contributed by atoms with Crippen LogP contribution in [0.2, 0.25) is 0 Å². The van der Waals surface area contributed by atoms with Gasteiger partial charge < -0.3 is 9.47 Å². The Morgan fingerprint density at radius 3 is 1.54 bits per heavy atom. The summed E-state index contributed by atoms with van der Waals surface area (Å²) < 4.78 is 2.40. The van der Waals surface area contributed by atoms with Crippen LogP contribution in [-0.4, -0.2) is 14.5 Å². The van der Waals surface area contributed by atoms with Crippen LogP contribution in [0.1, 0.15) is 5.56 Å². The van der Waals surface area contributed by atoms with Crippen LogP contribution >= 0.6 is 0 Å². The minimum Gasteiger partial charge on any atom is -0.310 e. The summed E-state index contributed by atoms with van der Waals surface area (Å²) >= 11 is 0. The third kappa shape index (κ3) is 6.43. The molecule has 4 nitrogen and oxygen atoms in total. The Kier molecular flexibility index (Phi) is 8.69. The highest BCUT2D eigenvalue weighted by Crippen LogP contribution is 2.40. The van der Waals surface area contributed by atoms with Crippen LogP contribution in [-0.2, 0) is 0 Å². The Morgan fingerprint density at radius 2 is 0.912 bits per heavy atom. The fourth-order valence-corrected chi connectivity index (χ4v) is 7.98. The largest absolute Gasteiger partial charge is 0.310 e. The Balaban J connectivity index is 1.01. The molecule has 0 unspecified atom stereocenters. The van der Waals surface area contributed by atoms with Gasteiger partial charge in [0.25, 0.3) is 0 Å². The van der Waals surface area contributed by atoms with Gasteiger partial charge in [-0.1, -0.05) is 146 Å². The first kappa shape index (κ1) is 34.0. The average molecular weight is 731 g/mol. The van der Waals surface area contributed by atoms with Crippen molar-refractivity contribution in [3.05, 3.63) is 218 Å². The van der Waals surface area contributed by atoms with E-state index in [2.05, 4.69) is 192 Å². The van der Waals surface area contributed by atoms with Crippen LogP contribution in [0, 0.1) is 6.92 Å². The molecule has 0 saturated heterocycles. The summed E-state index contributed by atoms with van der Waals surface area (Å²) in [5.41, 5.74) is 15.3. The van der Waals surface area contributed by atoms with Crippen molar-refractivity contribution in [2.75, 3.05) is 4.90 Å². The Bertz CT molecular complexity index is 2890. The van der Waals surface area contributed by atoms with E-state index in [0.717, 1.165) is 56.4 Å². The summed E-state index contributed by atoms with van der Waals surface area (Å²) in [6.07, 6.45) is 0. The Morgan fingerprint density at radius 1 is 0.386 bits per heavy atom. The number of anilines is 3. The minimum atomic E-state index is 0.716. The third-order valence-corrected chi connectivity index (χ3v) is 10.7. The van der Waals surface area contributed by atoms with Gasteiger partial charge in [0.2, 0.25) is 0 Å². The van der Waals surface area contributed by atoms with Crippen molar-refractivity contribution in [2.45, 2.75) is 6.92 Å². The number of rotatable bonds is 8. The zero-order chi connectivity index (χ0) is 38.1. The number of aromatic nitrogens is 3. The summed E-state index contributed by atoms with van der Waals surface area (Å²) in [5.74, 6) is 0.716. The third-order valence-electron chi connectivity index (χ3n) is 10.7. The lowest BCUT2D eigenvalue weighted by Gasteiger charge is -2.25. The molecule has 4 heteroatoms. The van der Waals surface area contributed by atoms with Gasteiger partial charge in [0, 0.05) is 50.2 Å². The van der Waals surface area contributed by atoms with Crippen molar-refractivity contribution in [3.63, 3.8) is 0 Å². The number of fused-ring (bicyclic) bond motifs is 3. The van der Waals surface area contributed by atoms with Crippen LogP contribution in [0.5, 0.6) is 0 Å². The summed E-state index contributed by atoms with van der Waals surface area (Å²) in [4.78, 5) is 12.3. The second-order valence-electron chi connectivity index (χ2n) is 14.3. The van der Waals surface area contributed by atoms with E-state index < -0.39 is 0 Å². The van der Waals surface area contributed by atoms with E-state index in [1.54, 1.807) is 0 Å². The molecule has 2 heterocycles. The molecular weight excluding hydrogens is 693 g/mol. The van der Waals surface area contributed by atoms with Crippen molar-refractivity contribution in [1.29, 1.82) is 0 Å². The number of nitrogens with zero attached hydrogens (tertiary/aromatic N) is 4. The van der Waals surface area contributed by atoms with Crippen LogP contribution in [0.3, 0.4) is 0 Å². The first-order valence-electron chi connectivity index (χ1n) is 19.3. The zero-order valence-electron chi connectivity index (χ0n) is 31.5. The van der Waals surface area contributed by atoms with Crippen molar-refractivity contribution in [3.8, 4) is 50.7 Å². The van der Waals surface area contributed by atoms with Crippen molar-refractivity contribution in [2.24, 2.45) is 0 Å². The first-order chi connectivity index (χ1) is 28.2. The highest BCUT2D eigenvalue weighted by Gasteiger charge is 2.18. The van der Waals surface area contributed by atoms with Gasteiger partial charge in [-0.2, -0.15) is 0 Å². The predicted octanol–water partition coefficient (Wildman–Crippen LogP) is 14.0. The molecule has 0 amide bonds. The maximum absolute atomic E-state index is 5.04. The summed E-state index contributed by atoms with van der Waals surface area (Å²) in [7, 11) is 0. The van der Waals surface area contributed by atoms with Crippen molar-refractivity contribution in [1.82, 2.24) is 14.5 Å². The lowest BCUT2D eigenvalue weighted by atomic mass is 9.98. The van der Waals surface area contributed by atoms with Crippen LogP contribution < -0.4 is 4.90 Å². The Hall–Kier alpha value is -7.56. The van der Waals surface area contributed by atoms with E-state index in [1.807, 2.05) is 36.4 Å². The molecule has 0 atom stereocenters. The van der Waals surface area contributed by atoms with Crippen LogP contribution in [0.25, 0.3) is 72.5 Å². The van der Waals surface area contributed by atoms with Gasteiger partial charge in [0.05, 0.1) is 22.4 Å². The van der Waals surface area contributed by atoms with E-state index in [4.69, 9.17) is 9.97 Å². The molecule has 10 rings (SSSR count). The molecule has 0 spiro atoms. The van der Waals surface area contributed by atoms with Crippen molar-refractivity contribution >= 4 is 38.9 Å². The second-order valence-corrected chi connectivity index (χ2v) is 14.3. The number of benzene rings is 8. The maximum atomic E-state index is 5.04. The van der Waals surface area contributed by atoms with Crippen molar-refractivity contribution < 1.29 is 0 Å². The molecule has 0 aliphatic carbocycles. The molecule has 2 aromatic heterocycles. The van der Waals surface area contributed by atoms with Gasteiger partial charge in [-0.05, 0) is 90.3 Å². The molecule has 8 aromatic carbocycles. The number of hydrogen-bond donors (Lipinski definition) is 0. The fraction of sp³-hybridized carbons (Fsp3) is 0.0189. The topological polar surface area (TPSA) is 34.0 Å². The number of para-hydroxylation sites is 3. The molecule has 0 aliphatic rings. The van der Waals surface area contributed by atoms with Gasteiger partial charge in [-0.3, -0.25) is 0 Å². The second kappa shape index (κ2) is 14.6. The fourth-order valence-electron chi connectivity index (χ4n) is 7.98. The number of aryl methyl sites for hydroxylation is 1. The van der Waals surface area contributed by atoms with Gasteiger partial charge in [0.1, 0.15) is 0 Å². The van der Waals surface area contributed by atoms with Gasteiger partial charge in [0.15, 0.2) is 5.82 Å². The van der Waals surface area contributed by atoms with E-state index in [-0.39, 0.29) is 0 Å². The predicted molar refractivity (Wildman–Crippen MR) is 238 cm³/mol. The highest BCUT2D eigenvalue weighted by atomic mass is 15.1. The summed E-state index contributed by atoms with van der Waals surface area (Å²) in [6, 6.07) is 74.9. The molecule has 0 saturated carbocycles. The molecular formula is C53H38N4. The lowest BCUT2D eigenvalue weighted by molar-refractivity contribution is 1.17. The van der Waals surface area contributed by atoms with Crippen LogP contribution in [0.4, 0.5) is 17.1 Å². The molecule has 0 aliphatic heterocycles. The van der Waals surface area contributed by atoms with E-state index in [1.165, 1.54) is 32.9 Å². The monoisotopic (exact) mass is 730 g/mol. The minimum absolute atomic E-state index is 0.716. The SMILES string of the molecule is Cc1cc(-n2c3ccccc3c3cc(N(c4ccccc4)c4ccccc4)ccc32)ccc1-c1ccc(-c2cc(-c3ccccc3)nc(-c3ccccc3)n2)cc1. The summed E-state index contributed by atoms with van der Waals surface area (Å²) in [6.45, 7) is 2.21. The first-order valence-corrected chi connectivity index (χ1v) is 19.3. The normalized spacial score (nSPS) is 11.2. The quantitative estimate of drug-likeness (QED) is 0.156. The summed E-state index contributed by atoms with van der Waals surface area (Å²) in [5, 5.41) is 2.44. The molecule has 270 valence electrons. The number of hydrogen-bond acceptors (Lipinski definition) is 3. The van der Waals surface area contributed by atoms with E-state index in [0.29, 0.717) is 5.82 Å². The zero-order valence-corrected chi connectivity index (χ0v) is 31.5. The van der Waals surface area contributed by atoms with E-state index in [9.17, 15) is 0 Å². The molecule has 10 aromatic rings. The Labute approximate surface area is 332 Å². The molecule has 57 heavy (non-hydrogen) atoms. The lowest BCUT2D eigenvalue weighted by Crippen LogP contribution is -2.09. The van der Waals surface area contributed by atoms with E-state index >= 15 is 0 Å². The van der Waals surface area contributed by atoms with Gasteiger partial charge >= 0.3 is 0 Å². The molecule has 0 bridgehead atoms. The van der Waals surface area contributed by atoms with Crippen LogP contribution in [0.15, 0.2) is 212 Å². The molecule has 0 N–H and O–H groups in total. The smallest absolute Gasteiger partial charge is 0.160 e. The molecule has 0 radical (unpaired) electrons. The van der Waals surface area contributed by atoms with Gasteiger partial charge in [-0.15, -0.1) is 0 Å². The average Bonchev–Trinajstić information content (AvgIpc) is 3.61. The standard InChI is InChI=1S/C53H38N4/c1-37-34-44(57-51-25-15-14-24-47(51)48-35-45(31-33-52(48)57)56(42-20-10-4-11-21-42)43-22-12-5-13-23-43)30-32-46(37)38-26-28-40(29-27-38)50-36-49(39-16-6-2-7-17-39)54-53(55-50)41-18-8-3-9-19-41/h2-36H,1H3. The molecule has 0 fully saturated rings. The highest BCUT2D eigenvalue weighted by molar-refractivity contribution is 6.10.